The van der Waals surface area contributed by atoms with Crippen LogP contribution >= 0.6 is 0 Å². The molecule has 8 nitrogen and oxygen atoms in total. The summed E-state index contributed by atoms with van der Waals surface area (Å²) in [5.74, 6) is -1.63. The third-order valence-corrected chi connectivity index (χ3v) is 7.58. The minimum absolute atomic E-state index is 0.0390. The van der Waals surface area contributed by atoms with Gasteiger partial charge < -0.3 is 15.0 Å². The smallest absolute Gasteiger partial charge is 0.355 e. The molecule has 2 amide bonds. The van der Waals surface area contributed by atoms with E-state index in [2.05, 4.69) is 5.32 Å². The number of nitrogens with one attached hydrogen (secondary N) is 1. The van der Waals surface area contributed by atoms with Crippen LogP contribution in [0.2, 0.25) is 0 Å². The zero-order valence-corrected chi connectivity index (χ0v) is 19.1. The number of hydrogen-bond donors (Lipinski definition) is 1. The number of carbonyl (C=O) groups is 3. The summed E-state index contributed by atoms with van der Waals surface area (Å²) in [6.07, 6.45) is 6.60. The normalized spacial score (nSPS) is 21.0. The molecule has 1 saturated heterocycles. The Morgan fingerprint density at radius 1 is 1.06 bits per heavy atom. The predicted molar refractivity (Wildman–Crippen MR) is 120 cm³/mol. The Hall–Kier alpha value is -2.68. The van der Waals surface area contributed by atoms with Crippen LogP contribution in [0.1, 0.15) is 51.0 Å². The van der Waals surface area contributed by atoms with Crippen molar-refractivity contribution < 1.29 is 27.5 Å². The van der Waals surface area contributed by atoms with E-state index >= 15 is 0 Å². The van der Waals surface area contributed by atoms with Gasteiger partial charge in [-0.2, -0.15) is 0 Å². The second-order valence-corrected chi connectivity index (χ2v) is 10.6. The zero-order valence-electron chi connectivity index (χ0n) is 18.3. The van der Waals surface area contributed by atoms with Crippen molar-refractivity contribution in [3.63, 3.8) is 0 Å². The third kappa shape index (κ3) is 6.66. The van der Waals surface area contributed by atoms with Gasteiger partial charge in [-0.15, -0.1) is 0 Å². The lowest BCUT2D eigenvalue weighted by Gasteiger charge is -2.38. The van der Waals surface area contributed by atoms with E-state index in [9.17, 15) is 22.8 Å². The highest BCUT2D eigenvalue weighted by Gasteiger charge is 2.38. The number of amides is 2. The molecule has 0 spiro atoms. The first-order valence-electron chi connectivity index (χ1n) is 11.0. The van der Waals surface area contributed by atoms with E-state index in [-0.39, 0.29) is 29.3 Å². The zero-order chi connectivity index (χ0) is 23.1. The standard InChI is InChI=1S/C23H30N2O6S/c1-17(26)24-21(14-18-8-4-2-5-9-18)23(28)31-15-22(27)25(19-10-6-3-7-11-19)20-12-13-32(29,30)16-20/h2,4-5,8-9,14,19-20H,3,6-7,10-13,15-16H2,1H3,(H,24,26)/b21-14-. The molecule has 32 heavy (non-hydrogen) atoms. The van der Waals surface area contributed by atoms with Crippen LogP contribution in [0.5, 0.6) is 0 Å². The molecule has 1 atom stereocenters. The van der Waals surface area contributed by atoms with Crippen LogP contribution in [0.3, 0.4) is 0 Å². The van der Waals surface area contributed by atoms with E-state index in [0.717, 1.165) is 32.1 Å². The minimum Gasteiger partial charge on any atom is -0.451 e. The van der Waals surface area contributed by atoms with Gasteiger partial charge in [0, 0.05) is 19.0 Å². The first-order valence-corrected chi connectivity index (χ1v) is 12.8. The Bertz CT molecular complexity index is 967. The van der Waals surface area contributed by atoms with Crippen molar-refractivity contribution in [3.05, 3.63) is 41.6 Å². The topological polar surface area (TPSA) is 110 Å². The molecule has 2 aliphatic rings. The number of rotatable bonds is 7. The molecule has 9 heteroatoms. The van der Waals surface area contributed by atoms with E-state index in [1.165, 1.54) is 13.0 Å². The van der Waals surface area contributed by atoms with E-state index in [1.54, 1.807) is 29.2 Å². The monoisotopic (exact) mass is 462 g/mol. The summed E-state index contributed by atoms with van der Waals surface area (Å²) in [6, 6.07) is 8.53. The SMILES string of the molecule is CC(=O)N/C(=C\c1ccccc1)C(=O)OCC(=O)N(C1CCCCC1)C1CCS(=O)(=O)C1. The Morgan fingerprint density at radius 3 is 2.34 bits per heavy atom. The fourth-order valence-electron chi connectivity index (χ4n) is 4.39. The van der Waals surface area contributed by atoms with Crippen molar-refractivity contribution in [2.24, 2.45) is 0 Å². The number of carbonyl (C=O) groups excluding carboxylic acids is 3. The first-order chi connectivity index (χ1) is 15.2. The van der Waals surface area contributed by atoms with Crippen molar-refractivity contribution in [3.8, 4) is 0 Å². The van der Waals surface area contributed by atoms with Gasteiger partial charge in [0.1, 0.15) is 5.70 Å². The number of sulfone groups is 1. The van der Waals surface area contributed by atoms with Gasteiger partial charge in [-0.1, -0.05) is 49.6 Å². The van der Waals surface area contributed by atoms with Gasteiger partial charge in [0.15, 0.2) is 16.4 Å². The summed E-state index contributed by atoms with van der Waals surface area (Å²) in [5, 5.41) is 2.45. The number of benzene rings is 1. The fraction of sp³-hybridized carbons (Fsp3) is 0.522. The van der Waals surface area contributed by atoms with Gasteiger partial charge in [-0.3, -0.25) is 9.59 Å². The summed E-state index contributed by atoms with van der Waals surface area (Å²) in [7, 11) is -3.16. The second-order valence-electron chi connectivity index (χ2n) is 8.38. The molecular formula is C23H30N2O6S. The van der Waals surface area contributed by atoms with Crippen molar-refractivity contribution in [1.29, 1.82) is 0 Å². The maximum absolute atomic E-state index is 13.1. The number of hydrogen-bond acceptors (Lipinski definition) is 6. The third-order valence-electron chi connectivity index (χ3n) is 5.83. The highest BCUT2D eigenvalue weighted by molar-refractivity contribution is 7.91. The molecule has 1 aromatic rings. The van der Waals surface area contributed by atoms with Crippen LogP contribution < -0.4 is 5.32 Å². The molecular weight excluding hydrogens is 432 g/mol. The van der Waals surface area contributed by atoms with E-state index in [4.69, 9.17) is 4.74 Å². The van der Waals surface area contributed by atoms with Crippen molar-refractivity contribution in [2.45, 2.75) is 57.5 Å². The Kier molecular flexibility index (Phi) is 8.06. The number of nitrogens with zero attached hydrogens (tertiary/aromatic N) is 1. The van der Waals surface area contributed by atoms with Gasteiger partial charge >= 0.3 is 5.97 Å². The molecule has 1 heterocycles. The molecule has 1 aliphatic carbocycles. The molecule has 1 aromatic carbocycles. The van der Waals surface area contributed by atoms with Crippen LogP contribution in [0.4, 0.5) is 0 Å². The van der Waals surface area contributed by atoms with E-state index in [1.807, 2.05) is 6.07 Å². The average molecular weight is 463 g/mol. The van der Waals surface area contributed by atoms with Crippen LogP contribution in [0, 0.1) is 0 Å². The molecule has 0 aromatic heterocycles. The second kappa shape index (κ2) is 10.8. The fourth-order valence-corrected chi connectivity index (χ4v) is 6.10. The van der Waals surface area contributed by atoms with Gasteiger partial charge in [0.05, 0.1) is 11.5 Å². The Morgan fingerprint density at radius 2 is 1.75 bits per heavy atom. The predicted octanol–water partition coefficient (Wildman–Crippen LogP) is 2.06. The molecule has 0 bridgehead atoms. The molecule has 1 aliphatic heterocycles. The largest absolute Gasteiger partial charge is 0.451 e. The van der Waals surface area contributed by atoms with Crippen LogP contribution in [0.25, 0.3) is 6.08 Å². The summed E-state index contributed by atoms with van der Waals surface area (Å²) >= 11 is 0. The quantitative estimate of drug-likeness (QED) is 0.491. The van der Waals surface area contributed by atoms with Gasteiger partial charge in [0.25, 0.3) is 5.91 Å². The lowest BCUT2D eigenvalue weighted by atomic mass is 9.93. The first kappa shape index (κ1) is 24.0. The van der Waals surface area contributed by atoms with Gasteiger partial charge in [0.2, 0.25) is 5.91 Å². The van der Waals surface area contributed by atoms with Crippen molar-refractivity contribution in [2.75, 3.05) is 18.1 Å². The molecule has 174 valence electrons. The molecule has 0 radical (unpaired) electrons. The van der Waals surface area contributed by atoms with E-state index in [0.29, 0.717) is 12.0 Å². The number of esters is 1. The maximum Gasteiger partial charge on any atom is 0.355 e. The lowest BCUT2D eigenvalue weighted by molar-refractivity contribution is -0.152. The molecule has 1 N–H and O–H groups in total. The summed E-state index contributed by atoms with van der Waals surface area (Å²) in [6.45, 7) is 0.778. The van der Waals surface area contributed by atoms with Gasteiger partial charge in [-0.25, -0.2) is 13.2 Å². The molecule has 1 saturated carbocycles. The highest BCUT2D eigenvalue weighted by atomic mass is 32.2. The summed E-state index contributed by atoms with van der Waals surface area (Å²) in [5.41, 5.74) is 0.628. The van der Waals surface area contributed by atoms with Crippen molar-refractivity contribution in [1.82, 2.24) is 10.2 Å². The number of ether oxygens (including phenoxy) is 1. The van der Waals surface area contributed by atoms with E-state index < -0.39 is 34.2 Å². The van der Waals surface area contributed by atoms with Gasteiger partial charge in [-0.05, 0) is 30.9 Å². The maximum atomic E-state index is 13.1. The highest BCUT2D eigenvalue weighted by Crippen LogP contribution is 2.28. The van der Waals surface area contributed by atoms with Crippen molar-refractivity contribution >= 4 is 33.7 Å². The molecule has 2 fully saturated rings. The summed E-state index contributed by atoms with van der Waals surface area (Å²) < 4.78 is 29.3. The van der Waals surface area contributed by atoms with Crippen LogP contribution in [-0.2, 0) is 29.0 Å². The average Bonchev–Trinajstić information content (AvgIpc) is 3.12. The van der Waals surface area contributed by atoms with Crippen LogP contribution in [-0.4, -0.2) is 61.3 Å². The Labute approximate surface area is 188 Å². The Balaban J connectivity index is 1.71. The minimum atomic E-state index is -3.16. The summed E-state index contributed by atoms with van der Waals surface area (Å²) in [4.78, 5) is 38.9. The lowest BCUT2D eigenvalue weighted by Crippen LogP contribution is -2.50. The molecule has 1 unspecified atom stereocenters. The molecule has 3 rings (SSSR count). The van der Waals surface area contributed by atoms with Crippen LogP contribution in [0.15, 0.2) is 36.0 Å².